The minimum Gasteiger partial charge on any atom is -0.481 e. The van der Waals surface area contributed by atoms with Crippen molar-refractivity contribution in [1.29, 1.82) is 0 Å². The van der Waals surface area contributed by atoms with Gasteiger partial charge in [0.25, 0.3) is 5.91 Å². The summed E-state index contributed by atoms with van der Waals surface area (Å²) in [4.78, 5) is 35.9. The van der Waals surface area contributed by atoms with Crippen LogP contribution in [0.5, 0.6) is 0 Å². The molecule has 6 heteroatoms. The molecule has 1 aromatic rings. The van der Waals surface area contributed by atoms with Crippen molar-refractivity contribution in [3.63, 3.8) is 0 Å². The highest BCUT2D eigenvalue weighted by molar-refractivity contribution is 5.92. The molecule has 0 aliphatic heterocycles. The molecule has 0 aliphatic rings. The van der Waals surface area contributed by atoms with Gasteiger partial charge in [-0.25, -0.2) is 0 Å². The van der Waals surface area contributed by atoms with E-state index in [0.717, 1.165) is 6.42 Å². The number of pyridine rings is 1. The van der Waals surface area contributed by atoms with E-state index in [0.29, 0.717) is 6.42 Å². The number of rotatable bonds is 6. The van der Waals surface area contributed by atoms with Crippen LogP contribution in [0.2, 0.25) is 0 Å². The number of aromatic amines is 1. The third-order valence-corrected chi connectivity index (χ3v) is 2.41. The van der Waals surface area contributed by atoms with Crippen molar-refractivity contribution in [3.8, 4) is 0 Å². The van der Waals surface area contributed by atoms with Crippen LogP contribution in [-0.2, 0) is 4.79 Å². The third-order valence-electron chi connectivity index (χ3n) is 2.41. The molecule has 98 valence electrons. The molecule has 1 heterocycles. The lowest BCUT2D eigenvalue weighted by atomic mass is 10.1. The molecule has 0 saturated heterocycles. The minimum atomic E-state index is -0.963. The van der Waals surface area contributed by atoms with E-state index in [1.165, 1.54) is 18.2 Å². The smallest absolute Gasteiger partial charge is 0.305 e. The molecule has 18 heavy (non-hydrogen) atoms. The van der Waals surface area contributed by atoms with Crippen molar-refractivity contribution in [2.24, 2.45) is 0 Å². The van der Waals surface area contributed by atoms with Gasteiger partial charge in [0, 0.05) is 12.1 Å². The van der Waals surface area contributed by atoms with Gasteiger partial charge in [0.1, 0.15) is 5.69 Å². The Labute approximate surface area is 104 Å². The normalized spacial score (nSPS) is 11.8. The molecule has 6 nitrogen and oxygen atoms in total. The van der Waals surface area contributed by atoms with Crippen molar-refractivity contribution in [3.05, 3.63) is 34.2 Å². The van der Waals surface area contributed by atoms with Gasteiger partial charge in [-0.1, -0.05) is 19.4 Å². The number of H-pyrrole nitrogens is 1. The number of aromatic nitrogens is 1. The summed E-state index contributed by atoms with van der Waals surface area (Å²) in [7, 11) is 0. The maximum absolute atomic E-state index is 11.8. The maximum atomic E-state index is 11.8. The predicted molar refractivity (Wildman–Crippen MR) is 65.5 cm³/mol. The van der Waals surface area contributed by atoms with E-state index in [2.05, 4.69) is 10.3 Å². The second-order valence-electron chi connectivity index (χ2n) is 3.99. The van der Waals surface area contributed by atoms with Crippen LogP contribution in [0.4, 0.5) is 0 Å². The van der Waals surface area contributed by atoms with Gasteiger partial charge in [-0.2, -0.15) is 0 Å². The molecule has 0 fully saturated rings. The molecule has 1 amide bonds. The van der Waals surface area contributed by atoms with Gasteiger partial charge in [-0.15, -0.1) is 0 Å². The van der Waals surface area contributed by atoms with E-state index in [-0.39, 0.29) is 17.7 Å². The minimum absolute atomic E-state index is 0.128. The maximum Gasteiger partial charge on any atom is 0.305 e. The number of carbonyl (C=O) groups excluding carboxylic acids is 1. The Bertz CT molecular complexity index is 481. The molecule has 0 bridgehead atoms. The van der Waals surface area contributed by atoms with Gasteiger partial charge in [0.05, 0.1) is 6.42 Å². The first kappa shape index (κ1) is 14.0. The molecule has 0 radical (unpaired) electrons. The summed E-state index contributed by atoms with van der Waals surface area (Å²) in [5.41, 5.74) is -0.234. The van der Waals surface area contributed by atoms with Gasteiger partial charge >= 0.3 is 5.97 Å². The van der Waals surface area contributed by atoms with E-state index in [1.807, 2.05) is 6.92 Å². The van der Waals surface area contributed by atoms with Crippen molar-refractivity contribution >= 4 is 11.9 Å². The Morgan fingerprint density at radius 3 is 2.72 bits per heavy atom. The summed E-state index contributed by atoms with van der Waals surface area (Å²) in [6.45, 7) is 1.91. The Balaban J connectivity index is 2.71. The number of carbonyl (C=O) groups is 2. The predicted octanol–water partition coefficient (Wildman–Crippen LogP) is 0.748. The summed E-state index contributed by atoms with van der Waals surface area (Å²) in [6, 6.07) is 3.82. The van der Waals surface area contributed by atoms with Crippen molar-refractivity contribution in [2.75, 3.05) is 0 Å². The number of nitrogens with one attached hydrogen (secondary N) is 2. The zero-order valence-electron chi connectivity index (χ0n) is 10.1. The monoisotopic (exact) mass is 252 g/mol. The molecule has 0 unspecified atom stereocenters. The second kappa shape index (κ2) is 6.58. The average Bonchev–Trinajstić information content (AvgIpc) is 2.28. The molecule has 1 rings (SSSR count). The summed E-state index contributed by atoms with van der Waals surface area (Å²) in [5.74, 6) is -1.43. The van der Waals surface area contributed by atoms with Crippen molar-refractivity contribution < 1.29 is 14.7 Å². The molecule has 0 saturated carbocycles. The van der Waals surface area contributed by atoms with Crippen LogP contribution in [0, 0.1) is 0 Å². The number of aliphatic carboxylic acids is 1. The Kier molecular flexibility index (Phi) is 5.10. The fraction of sp³-hybridized carbons (Fsp3) is 0.417. The average molecular weight is 252 g/mol. The van der Waals surface area contributed by atoms with E-state index < -0.39 is 17.9 Å². The molecule has 1 atom stereocenters. The number of amides is 1. The van der Waals surface area contributed by atoms with Crippen LogP contribution >= 0.6 is 0 Å². The number of hydrogen-bond acceptors (Lipinski definition) is 3. The highest BCUT2D eigenvalue weighted by Crippen LogP contribution is 2.03. The van der Waals surface area contributed by atoms with Crippen LogP contribution in [0.1, 0.15) is 36.7 Å². The van der Waals surface area contributed by atoms with Crippen LogP contribution in [0.15, 0.2) is 23.0 Å². The first-order valence-corrected chi connectivity index (χ1v) is 5.75. The first-order chi connectivity index (χ1) is 8.52. The van der Waals surface area contributed by atoms with Crippen LogP contribution in [0.25, 0.3) is 0 Å². The molecular formula is C12H16N2O4. The van der Waals surface area contributed by atoms with Gasteiger partial charge in [0.15, 0.2) is 0 Å². The summed E-state index contributed by atoms with van der Waals surface area (Å²) in [5, 5.41) is 11.3. The topological polar surface area (TPSA) is 99.3 Å². The largest absolute Gasteiger partial charge is 0.481 e. The fourth-order valence-electron chi connectivity index (χ4n) is 1.63. The Morgan fingerprint density at radius 2 is 2.17 bits per heavy atom. The van der Waals surface area contributed by atoms with Crippen LogP contribution < -0.4 is 10.9 Å². The number of hydrogen-bond donors (Lipinski definition) is 3. The lowest BCUT2D eigenvalue weighted by Crippen LogP contribution is -2.37. The standard InChI is InChI=1S/C12H16N2O4/c1-2-4-8(7-11(16)17)13-12(18)9-5-3-6-10(15)14-9/h3,5-6,8H,2,4,7H2,1H3,(H,13,18)(H,14,15)(H,16,17)/t8-/m0/s1. The molecule has 3 N–H and O–H groups in total. The summed E-state index contributed by atoms with van der Waals surface area (Å²) < 4.78 is 0. The summed E-state index contributed by atoms with van der Waals surface area (Å²) >= 11 is 0. The first-order valence-electron chi connectivity index (χ1n) is 5.75. The zero-order valence-corrected chi connectivity index (χ0v) is 10.1. The molecular weight excluding hydrogens is 236 g/mol. The van der Waals surface area contributed by atoms with Gasteiger partial charge in [0.2, 0.25) is 5.56 Å². The molecule has 0 aliphatic carbocycles. The SMILES string of the molecule is CCC[C@@H](CC(=O)O)NC(=O)c1cccc(=O)[nH]1. The molecule has 0 aromatic carbocycles. The van der Waals surface area contributed by atoms with E-state index in [9.17, 15) is 14.4 Å². The van der Waals surface area contributed by atoms with Crippen LogP contribution in [-0.4, -0.2) is 28.0 Å². The fourth-order valence-corrected chi connectivity index (χ4v) is 1.63. The van der Waals surface area contributed by atoms with E-state index in [1.54, 1.807) is 0 Å². The van der Waals surface area contributed by atoms with Crippen molar-refractivity contribution in [1.82, 2.24) is 10.3 Å². The lowest BCUT2D eigenvalue weighted by Gasteiger charge is -2.15. The third kappa shape index (κ3) is 4.40. The highest BCUT2D eigenvalue weighted by atomic mass is 16.4. The zero-order chi connectivity index (χ0) is 13.5. The quantitative estimate of drug-likeness (QED) is 0.695. The van der Waals surface area contributed by atoms with Gasteiger partial charge < -0.3 is 15.4 Å². The highest BCUT2D eigenvalue weighted by Gasteiger charge is 2.16. The van der Waals surface area contributed by atoms with Crippen molar-refractivity contribution in [2.45, 2.75) is 32.2 Å². The second-order valence-corrected chi connectivity index (χ2v) is 3.99. The Morgan fingerprint density at radius 1 is 1.44 bits per heavy atom. The van der Waals surface area contributed by atoms with Gasteiger partial charge in [-0.05, 0) is 12.5 Å². The summed E-state index contributed by atoms with van der Waals surface area (Å²) in [6.07, 6.45) is 1.22. The van der Waals surface area contributed by atoms with Crippen LogP contribution in [0.3, 0.4) is 0 Å². The van der Waals surface area contributed by atoms with E-state index in [4.69, 9.17) is 5.11 Å². The number of carboxylic acids is 1. The number of carboxylic acid groups (broad SMARTS) is 1. The van der Waals surface area contributed by atoms with Gasteiger partial charge in [-0.3, -0.25) is 14.4 Å². The lowest BCUT2D eigenvalue weighted by molar-refractivity contribution is -0.137. The molecule has 1 aromatic heterocycles. The van der Waals surface area contributed by atoms with E-state index >= 15 is 0 Å². The molecule has 0 spiro atoms. The Hall–Kier alpha value is -2.11.